The number of aromatic nitrogens is 3. The third kappa shape index (κ3) is 5.48. The highest BCUT2D eigenvalue weighted by Crippen LogP contribution is 2.35. The first-order valence-corrected chi connectivity index (χ1v) is 9.17. The molecule has 0 aliphatic rings. The van der Waals surface area contributed by atoms with Gasteiger partial charge in [0.25, 0.3) is 12.1 Å². The van der Waals surface area contributed by atoms with Crippen LogP contribution in [0.2, 0.25) is 0 Å². The van der Waals surface area contributed by atoms with Gasteiger partial charge >= 0.3 is 12.1 Å². The van der Waals surface area contributed by atoms with Crippen molar-refractivity contribution >= 4 is 5.91 Å². The second-order valence-electron chi connectivity index (χ2n) is 6.84. The number of hydrogen-bond donors (Lipinski definition) is 1. The topological polar surface area (TPSA) is 83.0 Å². The van der Waals surface area contributed by atoms with Crippen LogP contribution in [-0.4, -0.2) is 45.5 Å². The maximum Gasteiger partial charge on any atom is 0.425 e. The second-order valence-corrected chi connectivity index (χ2v) is 6.84. The number of benzene rings is 2. The molecule has 176 valence electrons. The average Bonchev–Trinajstić information content (AvgIpc) is 3.18. The van der Waals surface area contributed by atoms with E-state index in [-0.39, 0.29) is 22.6 Å². The molecule has 0 bridgehead atoms. The minimum atomic E-state index is -5.74. The third-order valence-electron chi connectivity index (χ3n) is 4.32. The molecule has 3 aromatic rings. The predicted molar refractivity (Wildman–Crippen MR) is 101 cm³/mol. The highest BCUT2D eigenvalue weighted by molar-refractivity contribution is 5.89. The summed E-state index contributed by atoms with van der Waals surface area (Å²) in [6.45, 7) is -2.41. The Morgan fingerprint density at radius 1 is 1.09 bits per heavy atom. The molecule has 0 aliphatic heterocycles. The molecule has 1 unspecified atom stereocenters. The summed E-state index contributed by atoms with van der Waals surface area (Å²) in [7, 11) is 0. The molecule has 1 amide bonds. The minimum absolute atomic E-state index is 0.0140. The van der Waals surface area contributed by atoms with E-state index < -0.39 is 49.0 Å². The molecule has 1 heterocycles. The lowest BCUT2D eigenvalue weighted by atomic mass is 10.1. The fraction of sp³-hybridized carbons (Fsp3) is 0.250. The quantitative estimate of drug-likeness (QED) is 0.494. The fourth-order valence-corrected chi connectivity index (χ4v) is 2.81. The normalized spacial score (nSPS) is 13.2. The van der Waals surface area contributed by atoms with E-state index in [0.29, 0.717) is 0 Å². The number of carbonyl (C=O) groups excluding carboxylic acids is 1. The number of ether oxygens (including phenoxy) is 1. The Balaban J connectivity index is 1.86. The molecule has 0 fully saturated rings. The number of nitrogens with zero attached hydrogens (tertiary/aromatic N) is 3. The van der Waals surface area contributed by atoms with Crippen molar-refractivity contribution in [2.45, 2.75) is 24.9 Å². The lowest BCUT2D eigenvalue weighted by Crippen LogP contribution is -2.44. The van der Waals surface area contributed by atoms with Crippen molar-refractivity contribution in [3.8, 4) is 17.1 Å². The van der Waals surface area contributed by atoms with Crippen molar-refractivity contribution in [1.29, 1.82) is 0 Å². The Hall–Kier alpha value is -3.48. The second kappa shape index (κ2) is 9.17. The maximum atomic E-state index is 14.3. The largest absolute Gasteiger partial charge is 0.425 e. The zero-order chi connectivity index (χ0) is 24.4. The van der Waals surface area contributed by atoms with Crippen LogP contribution in [0.4, 0.5) is 30.7 Å². The van der Waals surface area contributed by atoms with Crippen molar-refractivity contribution in [2.24, 2.45) is 5.73 Å². The lowest BCUT2D eigenvalue weighted by molar-refractivity contribution is -0.256. The molecule has 2 N–H and O–H groups in total. The number of alkyl halides is 6. The van der Waals surface area contributed by atoms with Gasteiger partial charge in [-0.15, -0.1) is 5.10 Å². The van der Waals surface area contributed by atoms with Gasteiger partial charge in [0.1, 0.15) is 12.4 Å². The zero-order valence-corrected chi connectivity index (χ0v) is 16.5. The molecule has 3 rings (SSSR count). The van der Waals surface area contributed by atoms with Crippen LogP contribution in [0.3, 0.4) is 0 Å². The van der Waals surface area contributed by atoms with E-state index in [1.807, 2.05) is 0 Å². The fourth-order valence-electron chi connectivity index (χ4n) is 2.81. The average molecular weight is 476 g/mol. The summed E-state index contributed by atoms with van der Waals surface area (Å²) in [5.41, 5.74) is 5.58. The molecule has 13 heteroatoms. The minimum Gasteiger partial charge on any atom is -0.370 e. The molecular weight excluding hydrogens is 461 g/mol. The number of carbonyl (C=O) groups is 1. The van der Waals surface area contributed by atoms with Gasteiger partial charge in [-0.2, -0.15) is 13.2 Å². The number of nitrogens with two attached hydrogens (primary N) is 1. The molecule has 1 atom stereocenters. The van der Waals surface area contributed by atoms with Gasteiger partial charge < -0.3 is 10.5 Å². The number of hydrogen-bond acceptors (Lipinski definition) is 4. The Bertz CT molecular complexity index is 1150. The van der Waals surface area contributed by atoms with Crippen LogP contribution in [0.1, 0.15) is 16.2 Å². The third-order valence-corrected chi connectivity index (χ3v) is 4.32. The molecule has 33 heavy (non-hydrogen) atoms. The summed E-state index contributed by atoms with van der Waals surface area (Å²) in [4.78, 5) is 15.5. The highest BCUT2D eigenvalue weighted by atomic mass is 19.4. The molecule has 0 saturated carbocycles. The van der Waals surface area contributed by atoms with Gasteiger partial charge in [-0.3, -0.25) is 4.79 Å². The van der Waals surface area contributed by atoms with E-state index in [0.717, 1.165) is 10.7 Å². The smallest absolute Gasteiger partial charge is 0.370 e. The molecule has 0 aliphatic carbocycles. The number of halogens is 7. The standard InChI is InChI=1S/C20H15F7N4O2/c21-14-7-2-1-6-13(14)17-29-16(15(28)32)30-31(17)12-5-3-4-11(8-12)9-33-10-19(23,24)18(22)20(25,26)27/h1-8,18H,9-10H2,(H2,28,32). The summed E-state index contributed by atoms with van der Waals surface area (Å²) in [6.07, 6.45) is -10.1. The predicted octanol–water partition coefficient (Wildman–Crippen LogP) is 4.22. The first kappa shape index (κ1) is 24.2. The Labute approximate surface area is 181 Å². The number of primary amides is 1. The summed E-state index contributed by atoms with van der Waals surface area (Å²) in [5, 5.41) is 3.94. The van der Waals surface area contributed by atoms with Crippen molar-refractivity contribution < 1.29 is 40.3 Å². The van der Waals surface area contributed by atoms with Gasteiger partial charge in [0.05, 0.1) is 17.9 Å². The van der Waals surface area contributed by atoms with Crippen LogP contribution in [0, 0.1) is 5.82 Å². The molecule has 6 nitrogen and oxygen atoms in total. The molecule has 1 aromatic heterocycles. The summed E-state index contributed by atoms with van der Waals surface area (Å²) >= 11 is 0. The first-order chi connectivity index (χ1) is 15.4. The monoisotopic (exact) mass is 476 g/mol. The van der Waals surface area contributed by atoms with Crippen LogP contribution < -0.4 is 5.73 Å². The van der Waals surface area contributed by atoms with E-state index in [1.165, 1.54) is 42.5 Å². The zero-order valence-electron chi connectivity index (χ0n) is 16.5. The van der Waals surface area contributed by atoms with E-state index in [4.69, 9.17) is 5.73 Å². The van der Waals surface area contributed by atoms with E-state index in [2.05, 4.69) is 14.8 Å². The maximum absolute atomic E-state index is 14.3. The van der Waals surface area contributed by atoms with Crippen LogP contribution >= 0.6 is 0 Å². The molecule has 2 aromatic carbocycles. The van der Waals surface area contributed by atoms with Gasteiger partial charge in [-0.25, -0.2) is 27.2 Å². The Morgan fingerprint density at radius 3 is 2.42 bits per heavy atom. The first-order valence-electron chi connectivity index (χ1n) is 9.17. The molecule has 0 radical (unpaired) electrons. The number of amides is 1. The Morgan fingerprint density at radius 2 is 1.79 bits per heavy atom. The van der Waals surface area contributed by atoms with Crippen LogP contribution in [0.5, 0.6) is 0 Å². The van der Waals surface area contributed by atoms with Crippen molar-refractivity contribution in [3.63, 3.8) is 0 Å². The SMILES string of the molecule is NC(=O)c1nc(-c2ccccc2F)n(-c2cccc(COCC(F)(F)C(F)C(F)(F)F)c2)n1. The van der Waals surface area contributed by atoms with E-state index in [1.54, 1.807) is 0 Å². The van der Waals surface area contributed by atoms with Gasteiger partial charge in [0.15, 0.2) is 5.82 Å². The van der Waals surface area contributed by atoms with Gasteiger partial charge in [-0.1, -0.05) is 24.3 Å². The highest BCUT2D eigenvalue weighted by Gasteiger charge is 2.56. The van der Waals surface area contributed by atoms with Gasteiger partial charge in [0, 0.05) is 0 Å². The molecule has 0 spiro atoms. The Kier molecular flexibility index (Phi) is 6.72. The molecular formula is C20H15F7N4O2. The van der Waals surface area contributed by atoms with E-state index >= 15 is 0 Å². The van der Waals surface area contributed by atoms with E-state index in [9.17, 15) is 35.5 Å². The van der Waals surface area contributed by atoms with Crippen molar-refractivity contribution in [2.75, 3.05) is 6.61 Å². The van der Waals surface area contributed by atoms with Crippen LogP contribution in [0.25, 0.3) is 17.1 Å². The molecule has 0 saturated heterocycles. The number of rotatable bonds is 8. The lowest BCUT2D eigenvalue weighted by Gasteiger charge is -2.22. The summed E-state index contributed by atoms with van der Waals surface area (Å²) < 4.78 is 96.4. The summed E-state index contributed by atoms with van der Waals surface area (Å²) in [5.74, 6) is -6.95. The van der Waals surface area contributed by atoms with Crippen molar-refractivity contribution in [3.05, 3.63) is 65.7 Å². The van der Waals surface area contributed by atoms with Crippen molar-refractivity contribution in [1.82, 2.24) is 14.8 Å². The summed E-state index contributed by atoms with van der Waals surface area (Å²) in [6, 6.07) is 11.1. The van der Waals surface area contributed by atoms with Gasteiger partial charge in [0.2, 0.25) is 5.82 Å². The van der Waals surface area contributed by atoms with Gasteiger partial charge in [-0.05, 0) is 29.8 Å². The van der Waals surface area contributed by atoms with Crippen LogP contribution in [-0.2, 0) is 11.3 Å². The van der Waals surface area contributed by atoms with Crippen LogP contribution in [0.15, 0.2) is 48.5 Å².